The van der Waals surface area contributed by atoms with Crippen molar-refractivity contribution in [2.45, 2.75) is 23.7 Å². The molecule has 152 valence electrons. The van der Waals surface area contributed by atoms with Crippen LogP contribution in [0.1, 0.15) is 24.7 Å². The molecule has 0 aliphatic carbocycles. The standard InChI is InChI=1S/C20H20ClN3O4S/c1-27-18-7-3-2-6-17(18)19-22-20(28-23-19)14-5-4-12-24(13-14)29(25,26)16-10-8-15(21)9-11-16/h2-3,6-11,14H,4-5,12-13H2,1H3/t14-/m0/s1. The minimum absolute atomic E-state index is 0.165. The van der Waals surface area contributed by atoms with Crippen LogP contribution in [-0.4, -0.2) is 43.1 Å². The number of para-hydroxylation sites is 1. The van der Waals surface area contributed by atoms with Crippen molar-refractivity contribution < 1.29 is 17.7 Å². The van der Waals surface area contributed by atoms with E-state index in [-0.39, 0.29) is 10.8 Å². The van der Waals surface area contributed by atoms with Crippen LogP contribution in [0.5, 0.6) is 5.75 Å². The van der Waals surface area contributed by atoms with Gasteiger partial charge in [-0.1, -0.05) is 28.9 Å². The van der Waals surface area contributed by atoms with Crippen LogP contribution in [-0.2, 0) is 10.0 Å². The van der Waals surface area contributed by atoms with Crippen molar-refractivity contribution in [1.29, 1.82) is 0 Å². The third-order valence-corrected chi connectivity index (χ3v) is 7.11. The summed E-state index contributed by atoms with van der Waals surface area (Å²) in [7, 11) is -2.03. The van der Waals surface area contributed by atoms with Gasteiger partial charge >= 0.3 is 0 Å². The second kappa shape index (κ2) is 8.14. The number of ether oxygens (including phenoxy) is 1. The van der Waals surface area contributed by atoms with Crippen LogP contribution < -0.4 is 4.74 Å². The Morgan fingerprint density at radius 2 is 1.93 bits per heavy atom. The highest BCUT2D eigenvalue weighted by Gasteiger charge is 2.33. The normalized spacial score (nSPS) is 17.9. The van der Waals surface area contributed by atoms with E-state index < -0.39 is 10.0 Å². The van der Waals surface area contributed by atoms with Crippen molar-refractivity contribution in [3.05, 3.63) is 59.4 Å². The second-order valence-corrected chi connectivity index (χ2v) is 9.19. The summed E-state index contributed by atoms with van der Waals surface area (Å²) in [6.45, 7) is 0.744. The summed E-state index contributed by atoms with van der Waals surface area (Å²) in [6, 6.07) is 13.6. The Balaban J connectivity index is 1.56. The van der Waals surface area contributed by atoms with Gasteiger partial charge in [-0.2, -0.15) is 9.29 Å². The van der Waals surface area contributed by atoms with E-state index in [2.05, 4.69) is 10.1 Å². The van der Waals surface area contributed by atoms with Gasteiger partial charge in [0.2, 0.25) is 21.7 Å². The number of sulfonamides is 1. The zero-order valence-electron chi connectivity index (χ0n) is 15.8. The van der Waals surface area contributed by atoms with E-state index in [1.54, 1.807) is 19.2 Å². The first-order valence-electron chi connectivity index (χ1n) is 9.22. The third-order valence-electron chi connectivity index (χ3n) is 4.97. The Bertz CT molecular complexity index is 1100. The molecule has 0 spiro atoms. The first-order chi connectivity index (χ1) is 14.0. The number of nitrogens with zero attached hydrogens (tertiary/aromatic N) is 3. The Labute approximate surface area is 174 Å². The fourth-order valence-electron chi connectivity index (χ4n) is 3.46. The minimum Gasteiger partial charge on any atom is -0.496 e. The van der Waals surface area contributed by atoms with Crippen LogP contribution in [0, 0.1) is 0 Å². The molecular formula is C20H20ClN3O4S. The number of piperidine rings is 1. The van der Waals surface area contributed by atoms with Gasteiger partial charge in [-0.25, -0.2) is 8.42 Å². The van der Waals surface area contributed by atoms with E-state index in [1.807, 2.05) is 24.3 Å². The SMILES string of the molecule is COc1ccccc1-c1noc([C@H]2CCCN(S(=O)(=O)c3ccc(Cl)cc3)C2)n1. The van der Waals surface area contributed by atoms with E-state index in [0.717, 1.165) is 12.0 Å². The number of hydrogen-bond acceptors (Lipinski definition) is 6. The lowest BCUT2D eigenvalue weighted by Crippen LogP contribution is -2.39. The second-order valence-electron chi connectivity index (χ2n) is 6.81. The topological polar surface area (TPSA) is 85.5 Å². The summed E-state index contributed by atoms with van der Waals surface area (Å²) >= 11 is 5.88. The van der Waals surface area contributed by atoms with Gasteiger partial charge in [0.25, 0.3) is 0 Å². The predicted octanol–water partition coefficient (Wildman–Crippen LogP) is 3.97. The number of hydrogen-bond donors (Lipinski definition) is 0. The molecule has 1 saturated heterocycles. The third kappa shape index (κ3) is 4.01. The molecule has 9 heteroatoms. The Hall–Kier alpha value is -2.42. The molecule has 2 aromatic carbocycles. The van der Waals surface area contributed by atoms with Crippen molar-refractivity contribution in [3.8, 4) is 17.1 Å². The monoisotopic (exact) mass is 433 g/mol. The summed E-state index contributed by atoms with van der Waals surface area (Å²) in [4.78, 5) is 4.74. The van der Waals surface area contributed by atoms with Crippen molar-refractivity contribution in [1.82, 2.24) is 14.4 Å². The molecule has 1 atom stereocenters. The Kier molecular flexibility index (Phi) is 5.58. The molecule has 3 aromatic rings. The highest BCUT2D eigenvalue weighted by Crippen LogP contribution is 2.32. The molecular weight excluding hydrogens is 414 g/mol. The summed E-state index contributed by atoms with van der Waals surface area (Å²) in [6.07, 6.45) is 1.49. The average molecular weight is 434 g/mol. The van der Waals surface area contributed by atoms with Crippen molar-refractivity contribution in [3.63, 3.8) is 0 Å². The lowest BCUT2D eigenvalue weighted by molar-refractivity contribution is 0.265. The molecule has 0 unspecified atom stereocenters. The van der Waals surface area contributed by atoms with Crippen LogP contribution in [0.4, 0.5) is 0 Å². The lowest BCUT2D eigenvalue weighted by atomic mass is 10.00. The molecule has 0 radical (unpaired) electrons. The van der Waals surface area contributed by atoms with E-state index in [1.165, 1.54) is 16.4 Å². The summed E-state index contributed by atoms with van der Waals surface area (Å²) in [5.41, 5.74) is 0.728. The molecule has 0 amide bonds. The highest BCUT2D eigenvalue weighted by atomic mass is 35.5. The first-order valence-corrected chi connectivity index (χ1v) is 11.0. The van der Waals surface area contributed by atoms with E-state index in [9.17, 15) is 8.42 Å². The number of benzene rings is 2. The van der Waals surface area contributed by atoms with Gasteiger partial charge in [0.05, 0.1) is 23.5 Å². The number of methoxy groups -OCH3 is 1. The summed E-state index contributed by atoms with van der Waals surface area (Å²) < 4.78 is 38.3. The van der Waals surface area contributed by atoms with E-state index >= 15 is 0 Å². The maximum atomic E-state index is 13.0. The van der Waals surface area contributed by atoms with Gasteiger partial charge in [0.1, 0.15) is 5.75 Å². The van der Waals surface area contributed by atoms with Gasteiger partial charge in [-0.3, -0.25) is 0 Å². The van der Waals surface area contributed by atoms with E-state index in [0.29, 0.717) is 42.0 Å². The van der Waals surface area contributed by atoms with Crippen molar-refractivity contribution in [2.75, 3.05) is 20.2 Å². The zero-order chi connectivity index (χ0) is 20.4. The summed E-state index contributed by atoms with van der Waals surface area (Å²) in [5, 5.41) is 4.57. The van der Waals surface area contributed by atoms with Gasteiger partial charge in [0, 0.05) is 18.1 Å². The largest absolute Gasteiger partial charge is 0.496 e. The van der Waals surface area contributed by atoms with Crippen LogP contribution in [0.2, 0.25) is 5.02 Å². The smallest absolute Gasteiger partial charge is 0.243 e. The quantitative estimate of drug-likeness (QED) is 0.605. The molecule has 0 bridgehead atoms. The van der Waals surface area contributed by atoms with Gasteiger partial charge in [-0.05, 0) is 49.2 Å². The van der Waals surface area contributed by atoms with Crippen LogP contribution >= 0.6 is 11.6 Å². The zero-order valence-corrected chi connectivity index (χ0v) is 17.4. The number of rotatable bonds is 5. The Morgan fingerprint density at radius 1 is 1.17 bits per heavy atom. The van der Waals surface area contributed by atoms with Gasteiger partial charge < -0.3 is 9.26 Å². The van der Waals surface area contributed by atoms with Crippen molar-refractivity contribution in [2.24, 2.45) is 0 Å². The molecule has 2 heterocycles. The predicted molar refractivity (Wildman–Crippen MR) is 108 cm³/mol. The molecule has 4 rings (SSSR count). The van der Waals surface area contributed by atoms with E-state index in [4.69, 9.17) is 20.9 Å². The molecule has 0 N–H and O–H groups in total. The lowest BCUT2D eigenvalue weighted by Gasteiger charge is -2.30. The summed E-state index contributed by atoms with van der Waals surface area (Å²) in [5.74, 6) is 1.34. The average Bonchev–Trinajstić information content (AvgIpc) is 3.24. The first kappa shape index (κ1) is 19.9. The Morgan fingerprint density at radius 3 is 2.69 bits per heavy atom. The van der Waals surface area contributed by atoms with Gasteiger partial charge in [-0.15, -0.1) is 0 Å². The van der Waals surface area contributed by atoms with Crippen molar-refractivity contribution >= 4 is 21.6 Å². The fraction of sp³-hybridized carbons (Fsp3) is 0.300. The fourth-order valence-corrected chi connectivity index (χ4v) is 5.11. The molecule has 0 saturated carbocycles. The number of aromatic nitrogens is 2. The number of halogens is 1. The van der Waals surface area contributed by atoms with Crippen LogP contribution in [0.25, 0.3) is 11.4 Å². The maximum absolute atomic E-state index is 13.0. The maximum Gasteiger partial charge on any atom is 0.243 e. The van der Waals surface area contributed by atoms with Crippen LogP contribution in [0.3, 0.4) is 0 Å². The molecule has 1 aliphatic rings. The molecule has 1 fully saturated rings. The van der Waals surface area contributed by atoms with Gasteiger partial charge in [0.15, 0.2) is 0 Å². The molecule has 7 nitrogen and oxygen atoms in total. The van der Waals surface area contributed by atoms with Crippen LogP contribution in [0.15, 0.2) is 57.9 Å². The molecule has 29 heavy (non-hydrogen) atoms. The highest BCUT2D eigenvalue weighted by molar-refractivity contribution is 7.89. The molecule has 1 aromatic heterocycles. The minimum atomic E-state index is -3.61. The molecule has 1 aliphatic heterocycles.